The summed E-state index contributed by atoms with van der Waals surface area (Å²) in [5.74, 6) is 0.358. The van der Waals surface area contributed by atoms with E-state index in [0.29, 0.717) is 6.42 Å². The maximum Gasteiger partial charge on any atom is 0.130 e. The summed E-state index contributed by atoms with van der Waals surface area (Å²) in [6, 6.07) is 14.1. The highest BCUT2D eigenvalue weighted by Crippen LogP contribution is 2.26. The highest BCUT2D eigenvalue weighted by atomic mass is 16.1. The van der Waals surface area contributed by atoms with Crippen molar-refractivity contribution in [1.29, 1.82) is 0 Å². The summed E-state index contributed by atoms with van der Waals surface area (Å²) in [4.78, 5) is 14.5. The zero-order chi connectivity index (χ0) is 11.4. The third-order valence-electron chi connectivity index (χ3n) is 2.69. The largest absolute Gasteiger partial charge is 0.364 e. The van der Waals surface area contributed by atoms with Crippen molar-refractivity contribution in [3.05, 3.63) is 59.9 Å². The summed E-state index contributed by atoms with van der Waals surface area (Å²) in [7, 11) is 0. The van der Waals surface area contributed by atoms with Crippen molar-refractivity contribution in [2.75, 3.05) is 0 Å². The Hall–Kier alpha value is -1.83. The van der Waals surface area contributed by atoms with E-state index in [-0.39, 0.29) is 11.7 Å². The summed E-state index contributed by atoms with van der Waals surface area (Å²) >= 11 is 0. The number of Topliss-reactive ketones (excluding diaryl/α,β-unsaturated/α-hetero) is 1. The molecule has 0 bridgehead atoms. The smallest absolute Gasteiger partial charge is 0.130 e. The molecule has 0 saturated carbocycles. The molecule has 1 N–H and O–H groups in total. The van der Waals surface area contributed by atoms with E-state index in [0.717, 1.165) is 5.69 Å². The molecule has 0 aliphatic carbocycles. The maximum atomic E-state index is 11.3. The molecule has 0 spiro atoms. The molecular formula is C14H15NO. The van der Waals surface area contributed by atoms with Crippen LogP contribution in [0.2, 0.25) is 0 Å². The quantitative estimate of drug-likeness (QED) is 0.831. The highest BCUT2D eigenvalue weighted by Gasteiger charge is 2.16. The van der Waals surface area contributed by atoms with Crippen LogP contribution in [0.1, 0.15) is 30.5 Å². The molecule has 0 aliphatic rings. The Morgan fingerprint density at radius 1 is 1.19 bits per heavy atom. The summed E-state index contributed by atoms with van der Waals surface area (Å²) in [5.41, 5.74) is 2.28. The van der Waals surface area contributed by atoms with Crippen LogP contribution in [0.3, 0.4) is 0 Å². The second-order valence-corrected chi connectivity index (χ2v) is 3.99. The number of aromatic nitrogens is 1. The van der Waals surface area contributed by atoms with Gasteiger partial charge >= 0.3 is 0 Å². The average Bonchev–Trinajstić information content (AvgIpc) is 2.80. The highest BCUT2D eigenvalue weighted by molar-refractivity contribution is 5.77. The van der Waals surface area contributed by atoms with Crippen LogP contribution in [0.25, 0.3) is 0 Å². The van der Waals surface area contributed by atoms with Gasteiger partial charge in [0.15, 0.2) is 0 Å². The lowest BCUT2D eigenvalue weighted by Crippen LogP contribution is -2.06. The number of nitrogens with one attached hydrogen (secondary N) is 1. The predicted octanol–water partition coefficient (Wildman–Crippen LogP) is 3.13. The van der Waals surface area contributed by atoms with Crippen LogP contribution in [0.4, 0.5) is 0 Å². The molecule has 1 heterocycles. The number of hydrogen-bond donors (Lipinski definition) is 1. The Balaban J connectivity index is 2.32. The topological polar surface area (TPSA) is 32.9 Å². The zero-order valence-electron chi connectivity index (χ0n) is 9.31. The predicted molar refractivity (Wildman–Crippen MR) is 64.4 cm³/mol. The number of aromatic amines is 1. The minimum absolute atomic E-state index is 0.147. The Morgan fingerprint density at radius 3 is 2.50 bits per heavy atom. The lowest BCUT2D eigenvalue weighted by Gasteiger charge is -2.14. The number of hydrogen-bond acceptors (Lipinski definition) is 1. The lowest BCUT2D eigenvalue weighted by atomic mass is 9.91. The van der Waals surface area contributed by atoms with Gasteiger partial charge in [-0.3, -0.25) is 4.79 Å². The Kier molecular flexibility index (Phi) is 3.20. The van der Waals surface area contributed by atoms with Crippen molar-refractivity contribution >= 4 is 5.78 Å². The first kappa shape index (κ1) is 10.7. The van der Waals surface area contributed by atoms with E-state index in [2.05, 4.69) is 17.1 Å². The van der Waals surface area contributed by atoms with Crippen LogP contribution in [-0.4, -0.2) is 10.8 Å². The number of H-pyrrole nitrogens is 1. The molecule has 0 amide bonds. The number of carbonyl (C=O) groups is 1. The summed E-state index contributed by atoms with van der Waals surface area (Å²) in [6.45, 7) is 1.64. The minimum atomic E-state index is 0.147. The minimum Gasteiger partial charge on any atom is -0.364 e. The van der Waals surface area contributed by atoms with Gasteiger partial charge in [0.05, 0.1) is 0 Å². The van der Waals surface area contributed by atoms with Crippen molar-refractivity contribution < 1.29 is 4.79 Å². The molecule has 0 fully saturated rings. The molecule has 1 atom stereocenters. The molecule has 0 radical (unpaired) electrons. The third-order valence-corrected chi connectivity index (χ3v) is 2.69. The van der Waals surface area contributed by atoms with E-state index in [1.807, 2.05) is 36.5 Å². The van der Waals surface area contributed by atoms with Crippen molar-refractivity contribution in [1.82, 2.24) is 4.98 Å². The van der Waals surface area contributed by atoms with Crippen molar-refractivity contribution in [2.24, 2.45) is 0 Å². The first-order valence-corrected chi connectivity index (χ1v) is 5.45. The molecule has 2 aromatic rings. The van der Waals surface area contributed by atoms with Gasteiger partial charge in [0.2, 0.25) is 0 Å². The van der Waals surface area contributed by atoms with E-state index in [1.54, 1.807) is 6.92 Å². The van der Waals surface area contributed by atoms with E-state index in [4.69, 9.17) is 0 Å². The van der Waals surface area contributed by atoms with Crippen LogP contribution >= 0.6 is 0 Å². The van der Waals surface area contributed by atoms with Gasteiger partial charge in [0, 0.05) is 24.2 Å². The van der Waals surface area contributed by atoms with Crippen molar-refractivity contribution in [3.8, 4) is 0 Å². The Bertz CT molecular complexity index is 445. The molecule has 82 valence electrons. The number of rotatable bonds is 4. The molecule has 16 heavy (non-hydrogen) atoms. The fourth-order valence-corrected chi connectivity index (χ4v) is 1.94. The van der Waals surface area contributed by atoms with Crippen LogP contribution in [-0.2, 0) is 4.79 Å². The number of carbonyl (C=O) groups excluding carboxylic acids is 1. The van der Waals surface area contributed by atoms with E-state index in [1.165, 1.54) is 5.56 Å². The van der Waals surface area contributed by atoms with E-state index in [9.17, 15) is 4.79 Å². The maximum absolute atomic E-state index is 11.3. The molecule has 2 rings (SSSR count). The molecule has 0 aliphatic heterocycles. The Labute approximate surface area is 95.3 Å². The lowest BCUT2D eigenvalue weighted by molar-refractivity contribution is -0.117. The molecule has 2 nitrogen and oxygen atoms in total. The summed E-state index contributed by atoms with van der Waals surface area (Å²) < 4.78 is 0. The SMILES string of the molecule is CC(=O)CC(c1ccccc1)c1ccc[nH]1. The van der Waals surface area contributed by atoms with Crippen LogP contribution in [0.15, 0.2) is 48.7 Å². The van der Waals surface area contributed by atoms with E-state index >= 15 is 0 Å². The fourth-order valence-electron chi connectivity index (χ4n) is 1.94. The molecule has 1 aromatic heterocycles. The Morgan fingerprint density at radius 2 is 1.94 bits per heavy atom. The van der Waals surface area contributed by atoms with E-state index < -0.39 is 0 Å². The molecule has 2 heteroatoms. The fraction of sp³-hybridized carbons (Fsp3) is 0.214. The number of ketones is 1. The summed E-state index contributed by atoms with van der Waals surface area (Å²) in [6.07, 6.45) is 2.44. The van der Waals surface area contributed by atoms with Gasteiger partial charge in [-0.15, -0.1) is 0 Å². The van der Waals surface area contributed by atoms with Gasteiger partial charge in [0.25, 0.3) is 0 Å². The average molecular weight is 213 g/mol. The first-order valence-electron chi connectivity index (χ1n) is 5.45. The van der Waals surface area contributed by atoms with Gasteiger partial charge in [-0.2, -0.15) is 0 Å². The van der Waals surface area contributed by atoms with Crippen LogP contribution < -0.4 is 0 Å². The van der Waals surface area contributed by atoms with Crippen LogP contribution in [0.5, 0.6) is 0 Å². The van der Waals surface area contributed by atoms with Gasteiger partial charge in [0.1, 0.15) is 5.78 Å². The van der Waals surface area contributed by atoms with Gasteiger partial charge in [-0.05, 0) is 24.6 Å². The standard InChI is InChI=1S/C14H15NO/c1-11(16)10-13(14-8-5-9-15-14)12-6-3-2-4-7-12/h2-9,13,15H,10H2,1H3. The van der Waals surface area contributed by atoms with Gasteiger partial charge < -0.3 is 4.98 Å². The third kappa shape index (κ3) is 2.40. The second-order valence-electron chi connectivity index (χ2n) is 3.99. The summed E-state index contributed by atoms with van der Waals surface area (Å²) in [5, 5.41) is 0. The molecule has 0 saturated heterocycles. The van der Waals surface area contributed by atoms with Gasteiger partial charge in [-0.1, -0.05) is 30.3 Å². The molecular weight excluding hydrogens is 198 g/mol. The normalized spacial score (nSPS) is 12.3. The van der Waals surface area contributed by atoms with Crippen molar-refractivity contribution in [3.63, 3.8) is 0 Å². The van der Waals surface area contributed by atoms with Crippen molar-refractivity contribution in [2.45, 2.75) is 19.3 Å². The molecule has 1 unspecified atom stereocenters. The van der Waals surface area contributed by atoms with Gasteiger partial charge in [-0.25, -0.2) is 0 Å². The monoisotopic (exact) mass is 213 g/mol. The number of benzene rings is 1. The second kappa shape index (κ2) is 4.79. The molecule has 1 aromatic carbocycles. The first-order chi connectivity index (χ1) is 7.77. The van der Waals surface area contributed by atoms with Crippen LogP contribution in [0, 0.1) is 0 Å². The zero-order valence-corrected chi connectivity index (χ0v) is 9.31.